The van der Waals surface area contributed by atoms with E-state index in [0.29, 0.717) is 0 Å². The van der Waals surface area contributed by atoms with Gasteiger partial charge in [0.2, 0.25) is 0 Å². The van der Waals surface area contributed by atoms with Crippen molar-refractivity contribution in [2.75, 3.05) is 6.61 Å². The lowest BCUT2D eigenvalue weighted by molar-refractivity contribution is -0.125. The molecule has 1 heterocycles. The van der Waals surface area contributed by atoms with Crippen LogP contribution in [0.4, 0.5) is 0 Å². The minimum Gasteiger partial charge on any atom is -0.386 e. The minimum absolute atomic E-state index is 0.200. The minimum atomic E-state index is -0.378. The van der Waals surface area contributed by atoms with Crippen LogP contribution < -0.4 is 5.43 Å². The van der Waals surface area contributed by atoms with Gasteiger partial charge in [-0.25, -0.2) is 5.43 Å². The smallest absolute Gasteiger partial charge is 0.280 e. The lowest BCUT2D eigenvalue weighted by Crippen LogP contribution is -2.22. The van der Waals surface area contributed by atoms with Gasteiger partial charge in [-0.05, 0) is 11.6 Å². The highest BCUT2D eigenvalue weighted by atomic mass is 16.6. The number of carbonyl (C=O) groups excluding carboxylic acids is 1. The van der Waals surface area contributed by atoms with Gasteiger partial charge in [0.25, 0.3) is 5.91 Å². The maximum atomic E-state index is 11.6. The molecule has 0 aliphatic rings. The predicted molar refractivity (Wildman–Crippen MR) is 94.0 cm³/mol. The number of rotatable bonds is 6. The maximum absolute atomic E-state index is 11.6. The van der Waals surface area contributed by atoms with E-state index in [1.54, 1.807) is 12.4 Å². The molecule has 0 radical (unpaired) electrons. The molecule has 3 aromatic rings. The topological polar surface area (TPSA) is 78.8 Å². The Balaban J connectivity index is 1.46. The molecule has 0 aliphatic heterocycles. The number of amides is 1. The Kier molecular flexibility index (Phi) is 4.99. The highest BCUT2D eigenvalue weighted by molar-refractivity contribution is 5.99. The highest BCUT2D eigenvalue weighted by Gasteiger charge is 2.01. The summed E-state index contributed by atoms with van der Waals surface area (Å²) in [6.45, 7) is -0.200. The second-order valence-corrected chi connectivity index (χ2v) is 5.00. The fourth-order valence-corrected chi connectivity index (χ4v) is 2.14. The van der Waals surface area contributed by atoms with E-state index >= 15 is 0 Å². The Labute approximate surface area is 138 Å². The van der Waals surface area contributed by atoms with E-state index < -0.39 is 0 Å². The monoisotopic (exact) mass is 320 g/mol. The van der Waals surface area contributed by atoms with E-state index in [1.165, 1.54) is 0 Å². The van der Waals surface area contributed by atoms with Gasteiger partial charge in [-0.3, -0.25) is 4.79 Å². The summed E-state index contributed by atoms with van der Waals surface area (Å²) in [6, 6.07) is 17.3. The van der Waals surface area contributed by atoms with Crippen molar-refractivity contribution in [1.82, 2.24) is 10.4 Å². The number of oxime groups is 1. The van der Waals surface area contributed by atoms with Crippen LogP contribution in [0.2, 0.25) is 0 Å². The zero-order chi connectivity index (χ0) is 16.6. The molecule has 0 unspecified atom stereocenters. The van der Waals surface area contributed by atoms with Crippen LogP contribution in [-0.4, -0.2) is 29.9 Å². The Hall–Kier alpha value is -3.41. The van der Waals surface area contributed by atoms with E-state index in [0.717, 1.165) is 22.0 Å². The largest absolute Gasteiger partial charge is 0.386 e. The summed E-state index contributed by atoms with van der Waals surface area (Å²) in [4.78, 5) is 19.7. The zero-order valence-electron chi connectivity index (χ0n) is 12.8. The van der Waals surface area contributed by atoms with Crippen LogP contribution in [0.15, 0.2) is 71.1 Å². The van der Waals surface area contributed by atoms with Gasteiger partial charge in [0.05, 0.1) is 12.4 Å². The fourth-order valence-electron chi connectivity index (χ4n) is 2.14. The number of nitrogens with zero attached hydrogens (tertiary/aromatic N) is 2. The van der Waals surface area contributed by atoms with Crippen molar-refractivity contribution in [3.05, 3.63) is 71.9 Å². The predicted octanol–water partition coefficient (Wildman–Crippen LogP) is 2.67. The summed E-state index contributed by atoms with van der Waals surface area (Å²) in [7, 11) is 0. The lowest BCUT2D eigenvalue weighted by Gasteiger charge is -1.98. The summed E-state index contributed by atoms with van der Waals surface area (Å²) in [5.41, 5.74) is 5.22. The molecular formula is C18H16N4O2. The third-order valence-corrected chi connectivity index (χ3v) is 3.29. The van der Waals surface area contributed by atoms with Crippen LogP contribution in [0.3, 0.4) is 0 Å². The highest BCUT2D eigenvalue weighted by Crippen LogP contribution is 2.15. The number of para-hydroxylation sites is 1. The van der Waals surface area contributed by atoms with E-state index in [9.17, 15) is 4.79 Å². The maximum Gasteiger partial charge on any atom is 0.280 e. The van der Waals surface area contributed by atoms with Crippen molar-refractivity contribution in [1.29, 1.82) is 0 Å². The fraction of sp³-hybridized carbons (Fsp3) is 0.0556. The van der Waals surface area contributed by atoms with Gasteiger partial charge in [-0.1, -0.05) is 53.7 Å². The molecule has 3 rings (SSSR count). The molecule has 6 nitrogen and oxygen atoms in total. The van der Waals surface area contributed by atoms with Gasteiger partial charge in [0.15, 0.2) is 6.61 Å². The van der Waals surface area contributed by atoms with Crippen molar-refractivity contribution in [3.8, 4) is 0 Å². The first-order valence-electron chi connectivity index (χ1n) is 7.41. The van der Waals surface area contributed by atoms with E-state index in [2.05, 4.69) is 20.7 Å². The molecule has 6 heteroatoms. The summed E-state index contributed by atoms with van der Waals surface area (Å²) in [6.07, 6.45) is 4.97. The number of nitrogens with one attached hydrogen (secondary N) is 2. The first-order valence-corrected chi connectivity index (χ1v) is 7.41. The second kappa shape index (κ2) is 7.73. The average Bonchev–Trinajstić information content (AvgIpc) is 3.03. The number of aromatic nitrogens is 1. The van der Waals surface area contributed by atoms with E-state index in [4.69, 9.17) is 4.84 Å². The van der Waals surface area contributed by atoms with Crippen LogP contribution in [0.1, 0.15) is 11.1 Å². The van der Waals surface area contributed by atoms with Crippen LogP contribution in [0.5, 0.6) is 0 Å². The molecule has 0 saturated carbocycles. The van der Waals surface area contributed by atoms with E-state index in [-0.39, 0.29) is 12.5 Å². The Morgan fingerprint density at radius 3 is 2.75 bits per heavy atom. The molecule has 0 saturated heterocycles. The number of carbonyl (C=O) groups is 1. The molecular weight excluding hydrogens is 304 g/mol. The summed E-state index contributed by atoms with van der Waals surface area (Å²) >= 11 is 0. The molecule has 0 bridgehead atoms. The zero-order valence-corrected chi connectivity index (χ0v) is 12.8. The Bertz CT molecular complexity index is 869. The molecule has 2 N–H and O–H groups in total. The molecule has 0 atom stereocenters. The summed E-state index contributed by atoms with van der Waals surface area (Å²) in [5.74, 6) is -0.378. The SMILES string of the molecule is O=C(CO/N=C\c1ccccc1)N/N=C\c1c[nH]c2ccccc12. The molecule has 1 aromatic heterocycles. The van der Waals surface area contributed by atoms with Crippen LogP contribution in [0, 0.1) is 0 Å². The number of hydrogen-bond acceptors (Lipinski definition) is 4. The van der Waals surface area contributed by atoms with Crippen molar-refractivity contribution in [3.63, 3.8) is 0 Å². The van der Waals surface area contributed by atoms with Crippen molar-refractivity contribution in [2.45, 2.75) is 0 Å². The van der Waals surface area contributed by atoms with Gasteiger partial charge in [-0.15, -0.1) is 0 Å². The van der Waals surface area contributed by atoms with Crippen LogP contribution in [-0.2, 0) is 9.63 Å². The molecule has 24 heavy (non-hydrogen) atoms. The van der Waals surface area contributed by atoms with Crippen molar-refractivity contribution >= 4 is 29.2 Å². The van der Waals surface area contributed by atoms with Crippen molar-refractivity contribution in [2.24, 2.45) is 10.3 Å². The first kappa shape index (κ1) is 15.5. The van der Waals surface area contributed by atoms with Gasteiger partial charge in [0, 0.05) is 22.7 Å². The number of H-pyrrole nitrogens is 1. The number of fused-ring (bicyclic) bond motifs is 1. The van der Waals surface area contributed by atoms with Crippen LogP contribution in [0.25, 0.3) is 10.9 Å². The number of aromatic amines is 1. The molecule has 0 fully saturated rings. The van der Waals surface area contributed by atoms with Gasteiger partial charge >= 0.3 is 0 Å². The van der Waals surface area contributed by atoms with Gasteiger partial charge < -0.3 is 9.82 Å². The first-order chi connectivity index (χ1) is 11.8. The molecule has 120 valence electrons. The Morgan fingerprint density at radius 1 is 1.08 bits per heavy atom. The lowest BCUT2D eigenvalue weighted by atomic mass is 10.2. The summed E-state index contributed by atoms with van der Waals surface area (Å²) < 4.78 is 0. The number of benzene rings is 2. The van der Waals surface area contributed by atoms with Gasteiger partial charge in [-0.2, -0.15) is 5.10 Å². The average molecular weight is 320 g/mol. The second-order valence-electron chi connectivity index (χ2n) is 5.00. The third-order valence-electron chi connectivity index (χ3n) is 3.29. The molecule has 0 spiro atoms. The number of hydrogen-bond donors (Lipinski definition) is 2. The van der Waals surface area contributed by atoms with E-state index in [1.807, 2.05) is 60.8 Å². The van der Waals surface area contributed by atoms with Gasteiger partial charge in [0.1, 0.15) is 0 Å². The quantitative estimate of drug-likeness (QED) is 0.541. The molecule has 0 aliphatic carbocycles. The number of hydrazone groups is 1. The third kappa shape index (κ3) is 4.07. The Morgan fingerprint density at radius 2 is 1.88 bits per heavy atom. The van der Waals surface area contributed by atoms with Crippen LogP contribution >= 0.6 is 0 Å². The molecule has 2 aromatic carbocycles. The normalized spacial score (nSPS) is 11.3. The standard InChI is InChI=1S/C18H16N4O2/c23-18(13-24-21-10-14-6-2-1-3-7-14)22-20-12-15-11-19-17-9-5-4-8-16(15)17/h1-12,19H,13H2,(H,22,23)/b20-12-,21-10-. The van der Waals surface area contributed by atoms with Crippen molar-refractivity contribution < 1.29 is 9.63 Å². The summed E-state index contributed by atoms with van der Waals surface area (Å²) in [5, 5.41) is 8.70. The molecule has 1 amide bonds.